The minimum Gasteiger partial charge on any atom is -0.369 e. The average Bonchev–Trinajstić information content (AvgIpc) is 2.88. The molecule has 3 heterocycles. The standard InChI is InChI=1S/C23H33N5O/c1-16(2)13-25-22-20(23(29)26-17(3)4)12-19-7-10-28(11-8-21(19)27-22)15-18-6-5-9-24-14-18/h5-6,9,12,14,16-17H,7-8,10-11,13,15H2,1-4H3,(H,25,27)(H,26,29). The van der Waals surface area contributed by atoms with Crippen molar-refractivity contribution in [2.75, 3.05) is 25.0 Å². The third kappa shape index (κ3) is 6.00. The summed E-state index contributed by atoms with van der Waals surface area (Å²) in [4.78, 5) is 24.4. The van der Waals surface area contributed by atoms with Crippen LogP contribution in [0, 0.1) is 5.92 Å². The van der Waals surface area contributed by atoms with Crippen molar-refractivity contribution >= 4 is 11.7 Å². The van der Waals surface area contributed by atoms with E-state index in [2.05, 4.69) is 46.5 Å². The number of anilines is 1. The first-order valence-corrected chi connectivity index (χ1v) is 10.6. The van der Waals surface area contributed by atoms with Gasteiger partial charge in [-0.05, 0) is 49.4 Å². The smallest absolute Gasteiger partial charge is 0.255 e. The molecule has 1 amide bonds. The molecule has 2 aromatic heterocycles. The molecule has 0 saturated heterocycles. The zero-order valence-electron chi connectivity index (χ0n) is 18.0. The Balaban J connectivity index is 1.80. The Morgan fingerprint density at radius 3 is 2.69 bits per heavy atom. The van der Waals surface area contributed by atoms with Gasteiger partial charge in [0, 0.05) is 56.7 Å². The highest BCUT2D eigenvalue weighted by molar-refractivity contribution is 5.99. The van der Waals surface area contributed by atoms with Crippen molar-refractivity contribution in [1.29, 1.82) is 0 Å². The number of carbonyl (C=O) groups excluding carboxylic acids is 1. The van der Waals surface area contributed by atoms with Crippen molar-refractivity contribution in [3.05, 3.63) is 53.0 Å². The summed E-state index contributed by atoms with van der Waals surface area (Å²) in [7, 11) is 0. The third-order valence-electron chi connectivity index (χ3n) is 5.02. The lowest BCUT2D eigenvalue weighted by atomic mass is 10.0. The maximum Gasteiger partial charge on any atom is 0.255 e. The van der Waals surface area contributed by atoms with Crippen molar-refractivity contribution in [2.45, 2.75) is 53.1 Å². The zero-order valence-corrected chi connectivity index (χ0v) is 18.0. The highest BCUT2D eigenvalue weighted by Crippen LogP contribution is 2.23. The topological polar surface area (TPSA) is 70.2 Å². The van der Waals surface area contributed by atoms with E-state index in [1.165, 1.54) is 11.1 Å². The fraction of sp³-hybridized carbons (Fsp3) is 0.522. The number of hydrogen-bond donors (Lipinski definition) is 2. The van der Waals surface area contributed by atoms with Gasteiger partial charge < -0.3 is 10.6 Å². The molecule has 6 nitrogen and oxygen atoms in total. The van der Waals surface area contributed by atoms with E-state index in [1.54, 1.807) is 6.20 Å². The van der Waals surface area contributed by atoms with E-state index < -0.39 is 0 Å². The molecule has 0 atom stereocenters. The molecular formula is C23H33N5O. The van der Waals surface area contributed by atoms with Crippen LogP contribution >= 0.6 is 0 Å². The second kappa shape index (κ2) is 9.83. The van der Waals surface area contributed by atoms with E-state index in [4.69, 9.17) is 4.98 Å². The molecule has 0 bridgehead atoms. The van der Waals surface area contributed by atoms with Crippen molar-refractivity contribution in [3.63, 3.8) is 0 Å². The van der Waals surface area contributed by atoms with Crippen LogP contribution in [-0.2, 0) is 19.4 Å². The van der Waals surface area contributed by atoms with Gasteiger partial charge in [0.1, 0.15) is 5.82 Å². The summed E-state index contributed by atoms with van der Waals surface area (Å²) in [5, 5.41) is 6.41. The first-order chi connectivity index (χ1) is 13.9. The summed E-state index contributed by atoms with van der Waals surface area (Å²) in [5.74, 6) is 1.13. The van der Waals surface area contributed by atoms with E-state index in [0.717, 1.165) is 44.7 Å². The number of amides is 1. The molecule has 3 rings (SSSR count). The van der Waals surface area contributed by atoms with Crippen molar-refractivity contribution in [1.82, 2.24) is 20.2 Å². The summed E-state index contributed by atoms with van der Waals surface area (Å²) in [6.07, 6.45) is 5.52. The summed E-state index contributed by atoms with van der Waals surface area (Å²) in [6, 6.07) is 6.24. The lowest BCUT2D eigenvalue weighted by Crippen LogP contribution is -2.31. The molecule has 2 aromatic rings. The van der Waals surface area contributed by atoms with Crippen LogP contribution in [0.25, 0.3) is 0 Å². The van der Waals surface area contributed by atoms with Crippen molar-refractivity contribution in [3.8, 4) is 0 Å². The maximum absolute atomic E-state index is 12.8. The first kappa shape index (κ1) is 21.2. The van der Waals surface area contributed by atoms with E-state index in [9.17, 15) is 4.79 Å². The van der Waals surface area contributed by atoms with Crippen LogP contribution in [0.2, 0.25) is 0 Å². The molecule has 0 unspecified atom stereocenters. The fourth-order valence-corrected chi connectivity index (χ4v) is 3.54. The van der Waals surface area contributed by atoms with Gasteiger partial charge in [0.05, 0.1) is 5.56 Å². The molecule has 0 radical (unpaired) electrons. The highest BCUT2D eigenvalue weighted by Gasteiger charge is 2.21. The molecule has 156 valence electrons. The summed E-state index contributed by atoms with van der Waals surface area (Å²) >= 11 is 0. The summed E-state index contributed by atoms with van der Waals surface area (Å²) in [5.41, 5.74) is 4.16. The minimum absolute atomic E-state index is 0.0574. The van der Waals surface area contributed by atoms with Crippen LogP contribution in [0.4, 0.5) is 5.82 Å². The lowest BCUT2D eigenvalue weighted by molar-refractivity contribution is 0.0943. The Morgan fingerprint density at radius 1 is 1.21 bits per heavy atom. The largest absolute Gasteiger partial charge is 0.369 e. The predicted octanol–water partition coefficient (Wildman–Crippen LogP) is 3.28. The van der Waals surface area contributed by atoms with Crippen LogP contribution in [-0.4, -0.2) is 46.5 Å². The Hall–Kier alpha value is -2.47. The van der Waals surface area contributed by atoms with Crippen molar-refractivity contribution in [2.24, 2.45) is 5.92 Å². The number of rotatable bonds is 7. The average molecular weight is 396 g/mol. The molecule has 6 heteroatoms. The minimum atomic E-state index is -0.0574. The Labute approximate surface area is 174 Å². The Kier molecular flexibility index (Phi) is 7.20. The molecule has 0 spiro atoms. The van der Waals surface area contributed by atoms with Crippen molar-refractivity contribution < 1.29 is 4.79 Å². The van der Waals surface area contributed by atoms with Crippen LogP contribution in [0.1, 0.15) is 54.9 Å². The molecule has 0 saturated carbocycles. The number of nitrogens with one attached hydrogen (secondary N) is 2. The zero-order chi connectivity index (χ0) is 20.8. The van der Waals surface area contributed by atoms with Gasteiger partial charge in [-0.1, -0.05) is 19.9 Å². The van der Waals surface area contributed by atoms with E-state index in [-0.39, 0.29) is 11.9 Å². The van der Waals surface area contributed by atoms with Gasteiger partial charge in [0.2, 0.25) is 0 Å². The second-order valence-corrected chi connectivity index (χ2v) is 8.53. The number of pyridine rings is 2. The molecular weight excluding hydrogens is 362 g/mol. The summed E-state index contributed by atoms with van der Waals surface area (Å²) < 4.78 is 0. The Morgan fingerprint density at radius 2 is 2.00 bits per heavy atom. The van der Waals surface area contributed by atoms with Crippen LogP contribution in [0.3, 0.4) is 0 Å². The molecule has 1 aliphatic rings. The summed E-state index contributed by atoms with van der Waals surface area (Å²) in [6.45, 7) is 11.9. The van der Waals surface area contributed by atoms with Gasteiger partial charge in [-0.2, -0.15) is 0 Å². The fourth-order valence-electron chi connectivity index (χ4n) is 3.54. The number of hydrogen-bond acceptors (Lipinski definition) is 5. The molecule has 1 aliphatic heterocycles. The predicted molar refractivity (Wildman–Crippen MR) is 117 cm³/mol. The molecule has 2 N–H and O–H groups in total. The SMILES string of the molecule is CC(C)CNc1nc2c(cc1C(=O)NC(C)C)CCN(Cc1cccnc1)CC2. The normalized spacial score (nSPS) is 14.6. The third-order valence-corrected chi connectivity index (χ3v) is 5.02. The van der Waals surface area contributed by atoms with Crippen LogP contribution in [0.15, 0.2) is 30.6 Å². The highest BCUT2D eigenvalue weighted by atomic mass is 16.1. The lowest BCUT2D eigenvalue weighted by Gasteiger charge is -2.19. The van der Waals surface area contributed by atoms with Gasteiger partial charge in [0.15, 0.2) is 0 Å². The Bertz CT molecular complexity index is 820. The van der Waals surface area contributed by atoms with Gasteiger partial charge in [-0.3, -0.25) is 14.7 Å². The van der Waals surface area contributed by atoms with E-state index in [1.807, 2.05) is 26.1 Å². The monoisotopic (exact) mass is 395 g/mol. The molecule has 0 fully saturated rings. The number of fused-ring (bicyclic) bond motifs is 1. The van der Waals surface area contributed by atoms with Gasteiger partial charge in [0.25, 0.3) is 5.91 Å². The number of aromatic nitrogens is 2. The van der Waals surface area contributed by atoms with Crippen LogP contribution < -0.4 is 10.6 Å². The number of carbonyl (C=O) groups is 1. The van der Waals surface area contributed by atoms with Gasteiger partial charge in [-0.25, -0.2) is 4.98 Å². The molecule has 29 heavy (non-hydrogen) atoms. The van der Waals surface area contributed by atoms with Gasteiger partial charge in [-0.15, -0.1) is 0 Å². The molecule has 0 aliphatic carbocycles. The first-order valence-electron chi connectivity index (χ1n) is 10.6. The van der Waals surface area contributed by atoms with E-state index in [0.29, 0.717) is 17.3 Å². The maximum atomic E-state index is 12.8. The van der Waals surface area contributed by atoms with E-state index >= 15 is 0 Å². The number of nitrogens with zero attached hydrogens (tertiary/aromatic N) is 3. The van der Waals surface area contributed by atoms with Gasteiger partial charge >= 0.3 is 0 Å². The molecule has 0 aromatic carbocycles. The quantitative estimate of drug-likeness (QED) is 0.753. The second-order valence-electron chi connectivity index (χ2n) is 8.53. The van der Waals surface area contributed by atoms with Crippen LogP contribution in [0.5, 0.6) is 0 Å².